The Bertz CT molecular complexity index is 1350. The number of nitrogens with zero attached hydrogens (tertiary/aromatic N) is 1. The summed E-state index contributed by atoms with van der Waals surface area (Å²) in [7, 11) is 0. The van der Waals surface area contributed by atoms with Crippen molar-refractivity contribution in [1.29, 1.82) is 0 Å². The van der Waals surface area contributed by atoms with Crippen LogP contribution in [0.15, 0.2) is 43.0 Å². The Morgan fingerprint density at radius 1 is 0.925 bits per heavy atom. The number of carbonyl (C=O) groups excluding carboxylic acids is 3. The highest BCUT2D eigenvalue weighted by Gasteiger charge is 2.33. The Kier molecular flexibility index (Phi) is 9.97. The van der Waals surface area contributed by atoms with Crippen LogP contribution in [0.2, 0.25) is 0 Å². The minimum Gasteiger partial charge on any atom is -0.481 e. The fraction of sp³-hybridized carbons (Fsp3) is 0.385. The number of hydrogen-bond donors (Lipinski definition) is 8. The number of carbonyl (C=O) groups is 5. The van der Waals surface area contributed by atoms with Crippen molar-refractivity contribution >= 4 is 40.6 Å². The van der Waals surface area contributed by atoms with Crippen LogP contribution in [0.25, 0.3) is 10.9 Å². The van der Waals surface area contributed by atoms with E-state index >= 15 is 0 Å². The third-order valence-electron chi connectivity index (χ3n) is 6.30. The number of fused-ring (bicyclic) bond motifs is 1. The average Bonchev–Trinajstić information content (AvgIpc) is 3.55. The van der Waals surface area contributed by atoms with E-state index in [-0.39, 0.29) is 12.8 Å². The molecule has 2 heterocycles. The van der Waals surface area contributed by atoms with E-state index < -0.39 is 66.2 Å². The van der Waals surface area contributed by atoms with Gasteiger partial charge in [-0.3, -0.25) is 19.2 Å². The van der Waals surface area contributed by atoms with Crippen molar-refractivity contribution in [1.82, 2.24) is 30.9 Å². The number of carboxylic acid groups (broad SMARTS) is 2. The van der Waals surface area contributed by atoms with Gasteiger partial charge in [-0.1, -0.05) is 32.0 Å². The van der Waals surface area contributed by atoms with Crippen LogP contribution in [0, 0.1) is 5.92 Å². The summed E-state index contributed by atoms with van der Waals surface area (Å²) >= 11 is 0. The molecule has 9 N–H and O–H groups in total. The lowest BCUT2D eigenvalue weighted by Gasteiger charge is -2.26. The first-order valence-electron chi connectivity index (χ1n) is 12.6. The molecule has 14 nitrogen and oxygen atoms in total. The van der Waals surface area contributed by atoms with Crippen LogP contribution in [0.4, 0.5) is 0 Å². The predicted molar refractivity (Wildman–Crippen MR) is 143 cm³/mol. The van der Waals surface area contributed by atoms with E-state index in [2.05, 4.69) is 30.9 Å². The standard InChI is InChI=1S/C26H33N7O7/c1-13(2)22(33-23(36)17(27)8-15-11-28-12-30-15)25(38)31-19(9-21(34)35)24(37)32-20(26(39)40)7-14-10-29-18-6-4-3-5-16(14)18/h3-6,10-13,17,19-20,22,29H,7-9,27H2,1-2H3,(H,28,30)(H,31,38)(H,32,37)(H,33,36)(H,34,35)(H,39,40). The molecular formula is C26H33N7O7. The molecule has 4 unspecified atom stereocenters. The third-order valence-corrected chi connectivity index (χ3v) is 6.30. The number of aliphatic carboxylic acids is 2. The van der Waals surface area contributed by atoms with Crippen molar-refractivity contribution < 1.29 is 34.2 Å². The summed E-state index contributed by atoms with van der Waals surface area (Å²) < 4.78 is 0. The number of para-hydroxylation sites is 1. The molecular weight excluding hydrogens is 522 g/mol. The zero-order valence-electron chi connectivity index (χ0n) is 22.0. The molecule has 0 bridgehead atoms. The van der Waals surface area contributed by atoms with Crippen LogP contribution in [-0.4, -0.2) is 79.0 Å². The van der Waals surface area contributed by atoms with E-state index in [0.29, 0.717) is 11.3 Å². The third kappa shape index (κ3) is 7.89. The second kappa shape index (κ2) is 13.4. The number of aromatic amines is 2. The minimum atomic E-state index is -1.60. The number of nitrogens with one attached hydrogen (secondary N) is 5. The van der Waals surface area contributed by atoms with Crippen LogP contribution in [0.1, 0.15) is 31.5 Å². The number of carboxylic acids is 2. The highest BCUT2D eigenvalue weighted by atomic mass is 16.4. The van der Waals surface area contributed by atoms with Gasteiger partial charge in [0.25, 0.3) is 0 Å². The van der Waals surface area contributed by atoms with Crippen molar-refractivity contribution in [2.45, 2.75) is 57.3 Å². The predicted octanol–water partition coefficient (Wildman–Crippen LogP) is -0.327. The van der Waals surface area contributed by atoms with Crippen molar-refractivity contribution in [2.24, 2.45) is 11.7 Å². The molecule has 0 aliphatic rings. The number of imidazole rings is 1. The van der Waals surface area contributed by atoms with E-state index in [1.165, 1.54) is 12.5 Å². The molecule has 0 aliphatic carbocycles. The summed E-state index contributed by atoms with van der Waals surface area (Å²) in [5.74, 6) is -5.62. The van der Waals surface area contributed by atoms with Gasteiger partial charge < -0.3 is 41.9 Å². The quantitative estimate of drug-likeness (QED) is 0.130. The fourth-order valence-electron chi connectivity index (χ4n) is 4.16. The zero-order chi connectivity index (χ0) is 29.4. The number of rotatable bonds is 14. The van der Waals surface area contributed by atoms with Gasteiger partial charge in [-0.05, 0) is 17.5 Å². The molecule has 214 valence electrons. The lowest BCUT2D eigenvalue weighted by molar-refractivity contribution is -0.143. The zero-order valence-corrected chi connectivity index (χ0v) is 22.0. The molecule has 0 spiro atoms. The molecule has 0 saturated heterocycles. The first-order valence-corrected chi connectivity index (χ1v) is 12.6. The first kappa shape index (κ1) is 29.8. The summed E-state index contributed by atoms with van der Waals surface area (Å²) in [5, 5.41) is 27.1. The smallest absolute Gasteiger partial charge is 0.326 e. The van der Waals surface area contributed by atoms with Crippen molar-refractivity contribution in [3.63, 3.8) is 0 Å². The maximum Gasteiger partial charge on any atom is 0.326 e. The Morgan fingerprint density at radius 3 is 2.25 bits per heavy atom. The van der Waals surface area contributed by atoms with Gasteiger partial charge in [-0.2, -0.15) is 0 Å². The van der Waals surface area contributed by atoms with Gasteiger partial charge >= 0.3 is 11.9 Å². The van der Waals surface area contributed by atoms with Crippen LogP contribution >= 0.6 is 0 Å². The molecule has 40 heavy (non-hydrogen) atoms. The molecule has 3 amide bonds. The molecule has 4 atom stereocenters. The average molecular weight is 556 g/mol. The van der Waals surface area contributed by atoms with Crippen LogP contribution < -0.4 is 21.7 Å². The van der Waals surface area contributed by atoms with E-state index in [1.807, 2.05) is 12.1 Å². The van der Waals surface area contributed by atoms with Crippen molar-refractivity contribution in [3.8, 4) is 0 Å². The molecule has 2 aromatic heterocycles. The summed E-state index contributed by atoms with van der Waals surface area (Å²) in [6.45, 7) is 3.30. The maximum atomic E-state index is 13.1. The molecule has 0 saturated carbocycles. The van der Waals surface area contributed by atoms with Gasteiger partial charge in [0.15, 0.2) is 0 Å². The van der Waals surface area contributed by atoms with Crippen molar-refractivity contribution in [2.75, 3.05) is 0 Å². The summed E-state index contributed by atoms with van der Waals surface area (Å²) in [4.78, 5) is 72.0. The van der Waals surface area contributed by atoms with Gasteiger partial charge in [-0.25, -0.2) is 9.78 Å². The number of H-pyrrole nitrogens is 2. The van der Waals surface area contributed by atoms with Crippen LogP contribution in [0.3, 0.4) is 0 Å². The summed E-state index contributed by atoms with van der Waals surface area (Å²) in [5.41, 5.74) is 7.99. The molecule has 0 radical (unpaired) electrons. The van der Waals surface area contributed by atoms with Crippen molar-refractivity contribution in [3.05, 3.63) is 54.2 Å². The molecule has 0 fully saturated rings. The number of aromatic nitrogens is 3. The summed E-state index contributed by atoms with van der Waals surface area (Å²) in [6, 6.07) is 2.07. The van der Waals surface area contributed by atoms with E-state index in [1.54, 1.807) is 32.2 Å². The lowest BCUT2D eigenvalue weighted by atomic mass is 10.0. The molecule has 3 rings (SSSR count). The topological polar surface area (TPSA) is 232 Å². The Labute approximate surface area is 229 Å². The Balaban J connectivity index is 1.70. The lowest BCUT2D eigenvalue weighted by Crippen LogP contribution is -2.59. The van der Waals surface area contributed by atoms with E-state index in [0.717, 1.165) is 10.9 Å². The largest absolute Gasteiger partial charge is 0.481 e. The van der Waals surface area contributed by atoms with Gasteiger partial charge in [0.05, 0.1) is 18.8 Å². The van der Waals surface area contributed by atoms with Crippen LogP contribution in [0.5, 0.6) is 0 Å². The number of amides is 3. The highest BCUT2D eigenvalue weighted by molar-refractivity contribution is 5.96. The summed E-state index contributed by atoms with van der Waals surface area (Å²) in [6.07, 6.45) is 3.82. The number of benzene rings is 1. The maximum absolute atomic E-state index is 13.1. The van der Waals surface area contributed by atoms with Crippen LogP contribution in [-0.2, 0) is 36.8 Å². The van der Waals surface area contributed by atoms with Gasteiger partial charge in [0.2, 0.25) is 17.7 Å². The highest BCUT2D eigenvalue weighted by Crippen LogP contribution is 2.19. The molecule has 0 aliphatic heterocycles. The monoisotopic (exact) mass is 555 g/mol. The minimum absolute atomic E-state index is 0.0856. The first-order chi connectivity index (χ1) is 19.0. The van der Waals surface area contributed by atoms with E-state index in [9.17, 15) is 34.2 Å². The Hall–Kier alpha value is -4.72. The Morgan fingerprint density at radius 2 is 1.62 bits per heavy atom. The van der Waals surface area contributed by atoms with Gasteiger partial charge in [0.1, 0.15) is 18.1 Å². The second-order valence-corrected chi connectivity index (χ2v) is 9.74. The normalized spacial score (nSPS) is 14.2. The SMILES string of the molecule is CC(C)C(NC(=O)C(N)Cc1cnc[nH]1)C(=O)NC(CC(=O)O)C(=O)NC(Cc1c[nH]c2ccccc12)C(=O)O. The number of nitrogens with two attached hydrogens (primary N) is 1. The van der Waals surface area contributed by atoms with Gasteiger partial charge in [0, 0.05) is 41.8 Å². The molecule has 3 aromatic rings. The van der Waals surface area contributed by atoms with E-state index in [4.69, 9.17) is 5.73 Å². The van der Waals surface area contributed by atoms with Gasteiger partial charge in [-0.15, -0.1) is 0 Å². The second-order valence-electron chi connectivity index (χ2n) is 9.74. The molecule has 1 aromatic carbocycles. The molecule has 14 heteroatoms. The fourth-order valence-corrected chi connectivity index (χ4v) is 4.16. The number of hydrogen-bond acceptors (Lipinski definition) is 7.